The van der Waals surface area contributed by atoms with E-state index in [-0.39, 0.29) is 12.5 Å². The quantitative estimate of drug-likeness (QED) is 0.917. The van der Waals surface area contributed by atoms with Crippen LogP contribution in [0.3, 0.4) is 0 Å². The molecule has 2 aromatic rings. The summed E-state index contributed by atoms with van der Waals surface area (Å²) in [5.41, 5.74) is 1.09. The van der Waals surface area contributed by atoms with Crippen molar-refractivity contribution in [2.75, 3.05) is 14.2 Å². The second-order valence-corrected chi connectivity index (χ2v) is 4.65. The van der Waals surface area contributed by atoms with Gasteiger partial charge in [-0.05, 0) is 12.1 Å². The minimum atomic E-state index is -0.305. The van der Waals surface area contributed by atoms with E-state index in [4.69, 9.17) is 21.1 Å². The Balaban J connectivity index is 2.16. The van der Waals surface area contributed by atoms with E-state index in [1.807, 2.05) is 6.07 Å². The Morgan fingerprint density at radius 1 is 1.33 bits per heavy atom. The molecule has 0 radical (unpaired) electrons. The number of rotatable bonds is 5. The van der Waals surface area contributed by atoms with Crippen molar-refractivity contribution in [2.45, 2.75) is 6.54 Å². The molecule has 1 N–H and O–H groups in total. The number of hydrogen-bond donors (Lipinski definition) is 1. The number of halogens is 1. The molecule has 6 nitrogen and oxygen atoms in total. The first-order chi connectivity index (χ1) is 10.1. The van der Waals surface area contributed by atoms with Crippen LogP contribution in [0, 0.1) is 0 Å². The SMILES string of the molecule is COc1cccc(OC)c1CNC(=O)c1cnn(C)c1Cl. The summed E-state index contributed by atoms with van der Waals surface area (Å²) in [6, 6.07) is 5.43. The lowest BCUT2D eigenvalue weighted by molar-refractivity contribution is 0.0950. The fourth-order valence-corrected chi connectivity index (χ4v) is 2.12. The van der Waals surface area contributed by atoms with Crippen LogP contribution < -0.4 is 14.8 Å². The molecule has 2 rings (SSSR count). The van der Waals surface area contributed by atoms with Crippen molar-refractivity contribution in [1.29, 1.82) is 0 Å². The molecule has 0 unspecified atom stereocenters. The highest BCUT2D eigenvalue weighted by atomic mass is 35.5. The molecule has 1 aromatic heterocycles. The molecule has 1 amide bonds. The van der Waals surface area contributed by atoms with Crippen LogP contribution in [0.25, 0.3) is 0 Å². The molecule has 0 fully saturated rings. The lowest BCUT2D eigenvalue weighted by Gasteiger charge is -2.13. The van der Waals surface area contributed by atoms with Crippen LogP contribution in [0.5, 0.6) is 11.5 Å². The lowest BCUT2D eigenvalue weighted by atomic mass is 10.1. The fraction of sp³-hybridized carbons (Fsp3) is 0.286. The zero-order valence-corrected chi connectivity index (χ0v) is 12.8. The number of aryl methyl sites for hydroxylation is 1. The number of benzene rings is 1. The fourth-order valence-electron chi connectivity index (χ4n) is 1.94. The predicted octanol–water partition coefficient (Wildman–Crippen LogP) is 2.02. The highest BCUT2D eigenvalue weighted by molar-refractivity contribution is 6.32. The van der Waals surface area contributed by atoms with E-state index in [0.717, 1.165) is 5.56 Å². The van der Waals surface area contributed by atoms with E-state index in [9.17, 15) is 4.79 Å². The topological polar surface area (TPSA) is 65.4 Å². The average Bonchev–Trinajstić information content (AvgIpc) is 2.84. The Bertz CT molecular complexity index is 633. The molecule has 112 valence electrons. The first kappa shape index (κ1) is 15.2. The first-order valence-corrected chi connectivity index (χ1v) is 6.61. The third kappa shape index (κ3) is 3.11. The van der Waals surface area contributed by atoms with E-state index in [1.54, 1.807) is 33.4 Å². The molecule has 0 atom stereocenters. The monoisotopic (exact) mass is 309 g/mol. The second kappa shape index (κ2) is 6.49. The van der Waals surface area contributed by atoms with Crippen molar-refractivity contribution in [1.82, 2.24) is 15.1 Å². The van der Waals surface area contributed by atoms with Crippen LogP contribution in [-0.2, 0) is 13.6 Å². The van der Waals surface area contributed by atoms with Gasteiger partial charge in [-0.25, -0.2) is 0 Å². The molecule has 0 aliphatic carbocycles. The van der Waals surface area contributed by atoms with Crippen LogP contribution in [-0.4, -0.2) is 29.9 Å². The number of nitrogens with zero attached hydrogens (tertiary/aromatic N) is 2. The van der Waals surface area contributed by atoms with Gasteiger partial charge in [0.05, 0.1) is 38.1 Å². The van der Waals surface area contributed by atoms with Gasteiger partial charge in [-0.15, -0.1) is 0 Å². The second-order valence-electron chi connectivity index (χ2n) is 4.30. The highest BCUT2D eigenvalue weighted by Crippen LogP contribution is 2.28. The van der Waals surface area contributed by atoms with Crippen molar-refractivity contribution in [3.8, 4) is 11.5 Å². The zero-order valence-electron chi connectivity index (χ0n) is 12.0. The molecule has 0 saturated carbocycles. The highest BCUT2D eigenvalue weighted by Gasteiger charge is 2.16. The van der Waals surface area contributed by atoms with Gasteiger partial charge in [0.25, 0.3) is 5.91 Å². The Hall–Kier alpha value is -2.21. The predicted molar refractivity (Wildman–Crippen MR) is 78.9 cm³/mol. The van der Waals surface area contributed by atoms with Crippen molar-refractivity contribution in [3.05, 3.63) is 40.7 Å². The summed E-state index contributed by atoms with van der Waals surface area (Å²) in [5, 5.41) is 7.01. The van der Waals surface area contributed by atoms with Gasteiger partial charge in [0.2, 0.25) is 0 Å². The van der Waals surface area contributed by atoms with Crippen molar-refractivity contribution in [2.24, 2.45) is 7.05 Å². The van der Waals surface area contributed by atoms with E-state index in [0.29, 0.717) is 22.2 Å². The van der Waals surface area contributed by atoms with E-state index in [2.05, 4.69) is 10.4 Å². The molecular formula is C14H16ClN3O3. The Morgan fingerprint density at radius 2 is 1.95 bits per heavy atom. The number of methoxy groups -OCH3 is 2. The van der Waals surface area contributed by atoms with Crippen molar-refractivity contribution in [3.63, 3.8) is 0 Å². The molecule has 21 heavy (non-hydrogen) atoms. The van der Waals surface area contributed by atoms with Gasteiger partial charge in [0.1, 0.15) is 16.7 Å². The maximum atomic E-state index is 12.1. The molecule has 1 heterocycles. The number of carbonyl (C=O) groups excluding carboxylic acids is 1. The van der Waals surface area contributed by atoms with Gasteiger partial charge >= 0.3 is 0 Å². The smallest absolute Gasteiger partial charge is 0.256 e. The van der Waals surface area contributed by atoms with E-state index >= 15 is 0 Å². The minimum Gasteiger partial charge on any atom is -0.496 e. The van der Waals surface area contributed by atoms with Gasteiger partial charge in [0, 0.05) is 7.05 Å². The third-order valence-corrected chi connectivity index (χ3v) is 3.51. The summed E-state index contributed by atoms with van der Waals surface area (Å²) in [6.07, 6.45) is 1.43. The van der Waals surface area contributed by atoms with Crippen molar-refractivity contribution >= 4 is 17.5 Å². The van der Waals surface area contributed by atoms with Gasteiger partial charge in [0.15, 0.2) is 0 Å². The lowest BCUT2D eigenvalue weighted by Crippen LogP contribution is -2.23. The molecule has 1 aromatic carbocycles. The van der Waals surface area contributed by atoms with Gasteiger partial charge < -0.3 is 14.8 Å². The number of aromatic nitrogens is 2. The minimum absolute atomic E-state index is 0.261. The van der Waals surface area contributed by atoms with Gasteiger partial charge in [-0.3, -0.25) is 9.48 Å². The zero-order chi connectivity index (χ0) is 15.4. The van der Waals surface area contributed by atoms with Crippen LogP contribution in [0.2, 0.25) is 5.15 Å². The molecule has 0 aliphatic heterocycles. The van der Waals surface area contributed by atoms with E-state index < -0.39 is 0 Å². The number of carbonyl (C=O) groups is 1. The first-order valence-electron chi connectivity index (χ1n) is 6.24. The number of ether oxygens (including phenoxy) is 2. The average molecular weight is 310 g/mol. The Morgan fingerprint density at radius 3 is 2.43 bits per heavy atom. The largest absolute Gasteiger partial charge is 0.496 e. The number of nitrogens with one attached hydrogen (secondary N) is 1. The summed E-state index contributed by atoms with van der Waals surface area (Å²) >= 11 is 5.99. The molecular weight excluding hydrogens is 294 g/mol. The molecule has 0 aliphatic rings. The third-order valence-electron chi connectivity index (χ3n) is 3.07. The van der Waals surface area contributed by atoms with Crippen molar-refractivity contribution < 1.29 is 14.3 Å². The molecule has 0 spiro atoms. The summed E-state index contributed by atoms with van der Waals surface area (Å²) in [6.45, 7) is 0.261. The molecule has 0 bridgehead atoms. The summed E-state index contributed by atoms with van der Waals surface area (Å²) in [5.74, 6) is 0.986. The summed E-state index contributed by atoms with van der Waals surface area (Å²) in [7, 11) is 4.80. The van der Waals surface area contributed by atoms with Crippen LogP contribution in [0.4, 0.5) is 0 Å². The molecule has 0 saturated heterocycles. The maximum Gasteiger partial charge on any atom is 0.256 e. The van der Waals surface area contributed by atoms with Crippen LogP contribution >= 0.6 is 11.6 Å². The Kier molecular flexibility index (Phi) is 4.70. The normalized spacial score (nSPS) is 10.3. The summed E-state index contributed by atoms with van der Waals surface area (Å²) in [4.78, 5) is 12.1. The van der Waals surface area contributed by atoms with Crippen LogP contribution in [0.15, 0.2) is 24.4 Å². The van der Waals surface area contributed by atoms with Gasteiger partial charge in [-0.1, -0.05) is 17.7 Å². The Labute approximate surface area is 127 Å². The molecule has 7 heteroatoms. The van der Waals surface area contributed by atoms with Gasteiger partial charge in [-0.2, -0.15) is 5.10 Å². The standard InChI is InChI=1S/C14H16ClN3O3/c1-18-13(15)10(8-17-18)14(19)16-7-9-11(20-2)5-4-6-12(9)21-3/h4-6,8H,7H2,1-3H3,(H,16,19). The van der Waals surface area contributed by atoms with E-state index in [1.165, 1.54) is 10.9 Å². The maximum absolute atomic E-state index is 12.1. The summed E-state index contributed by atoms with van der Waals surface area (Å²) < 4.78 is 12.0. The number of amides is 1. The number of hydrogen-bond acceptors (Lipinski definition) is 4. The van der Waals surface area contributed by atoms with Crippen LogP contribution in [0.1, 0.15) is 15.9 Å².